The number of furan rings is 1. The van der Waals surface area contributed by atoms with Crippen LogP contribution in [0.2, 0.25) is 0 Å². The number of halogens is 1. The average molecular weight is 306 g/mol. The Balaban J connectivity index is 1.97. The molecule has 0 radical (unpaired) electrons. The molecule has 4 rings (SSSR count). The number of fused-ring (bicyclic) bond motifs is 2. The summed E-state index contributed by atoms with van der Waals surface area (Å²) in [7, 11) is 0. The molecule has 0 spiro atoms. The Morgan fingerprint density at radius 3 is 3.20 bits per heavy atom. The van der Waals surface area contributed by atoms with E-state index in [1.54, 1.807) is 41.9 Å². The molecule has 20 heavy (non-hydrogen) atoms. The highest BCUT2D eigenvalue weighted by Crippen LogP contribution is 2.47. The molecule has 2 aromatic rings. The Kier molecular flexibility index (Phi) is 2.82. The van der Waals surface area contributed by atoms with Crippen molar-refractivity contribution >= 4 is 45.4 Å². The number of benzene rings is 1. The lowest BCUT2D eigenvalue weighted by molar-refractivity contribution is 0.601. The smallest absolute Gasteiger partial charge is 0.169 e. The van der Waals surface area contributed by atoms with Crippen molar-refractivity contribution < 1.29 is 8.81 Å². The maximum absolute atomic E-state index is 13.9. The number of aliphatic imine (C=N–C) groups is 1. The molecular weight excluding hydrogens is 295 g/mol. The van der Waals surface area contributed by atoms with Gasteiger partial charge >= 0.3 is 0 Å². The van der Waals surface area contributed by atoms with Crippen LogP contribution >= 0.6 is 23.5 Å². The van der Waals surface area contributed by atoms with Crippen LogP contribution in [0.15, 0.2) is 38.1 Å². The second-order valence-electron chi connectivity index (χ2n) is 4.55. The quantitative estimate of drug-likeness (QED) is 0.839. The van der Waals surface area contributed by atoms with Gasteiger partial charge in [0.25, 0.3) is 0 Å². The lowest BCUT2D eigenvalue weighted by Gasteiger charge is -2.17. The minimum Gasteiger partial charge on any atom is -0.464 e. The van der Waals surface area contributed by atoms with E-state index in [1.807, 2.05) is 6.26 Å². The van der Waals surface area contributed by atoms with Gasteiger partial charge in [-0.2, -0.15) is 0 Å². The fourth-order valence-electron chi connectivity index (χ4n) is 2.58. The average Bonchev–Trinajstić information content (AvgIpc) is 3.11. The third-order valence-electron chi connectivity index (χ3n) is 3.41. The summed E-state index contributed by atoms with van der Waals surface area (Å²) in [6.07, 6.45) is 3.64. The number of rotatable bonds is 2. The molecular formula is C14H11FN2OS2. The fourth-order valence-corrected chi connectivity index (χ4v) is 4.48. The third kappa shape index (κ3) is 1.71. The van der Waals surface area contributed by atoms with E-state index in [1.165, 1.54) is 6.07 Å². The maximum atomic E-state index is 13.9. The van der Waals surface area contributed by atoms with Crippen LogP contribution in [-0.4, -0.2) is 29.4 Å². The highest BCUT2D eigenvalue weighted by Gasteiger charge is 2.34. The van der Waals surface area contributed by atoms with Gasteiger partial charge < -0.3 is 9.32 Å². The number of thioether (sulfide) groups is 2. The van der Waals surface area contributed by atoms with Gasteiger partial charge in [-0.25, -0.2) is 4.39 Å². The monoisotopic (exact) mass is 306 g/mol. The first-order valence-electron chi connectivity index (χ1n) is 6.23. The molecule has 0 saturated carbocycles. The first kappa shape index (κ1) is 12.3. The minimum absolute atomic E-state index is 0.239. The zero-order valence-corrected chi connectivity index (χ0v) is 12.4. The van der Waals surface area contributed by atoms with Gasteiger partial charge in [0.2, 0.25) is 0 Å². The van der Waals surface area contributed by atoms with E-state index >= 15 is 0 Å². The SMILES string of the molecule is CSC1=C(c2cc(F)cc3ccoc23)N2CCN=C2S1. The molecule has 3 heterocycles. The van der Waals surface area contributed by atoms with E-state index in [9.17, 15) is 4.39 Å². The van der Waals surface area contributed by atoms with Crippen molar-refractivity contribution in [3.8, 4) is 0 Å². The molecule has 1 aromatic carbocycles. The summed E-state index contributed by atoms with van der Waals surface area (Å²) in [4.78, 5) is 6.65. The van der Waals surface area contributed by atoms with E-state index < -0.39 is 0 Å². The van der Waals surface area contributed by atoms with Crippen molar-refractivity contribution in [2.75, 3.05) is 19.3 Å². The molecule has 0 bridgehead atoms. The van der Waals surface area contributed by atoms with Crippen molar-refractivity contribution in [1.29, 1.82) is 0 Å². The molecule has 0 fully saturated rings. The van der Waals surface area contributed by atoms with E-state index in [0.29, 0.717) is 0 Å². The molecule has 2 aliphatic rings. The summed E-state index contributed by atoms with van der Waals surface area (Å²) in [5.41, 5.74) is 2.58. The minimum atomic E-state index is -0.239. The van der Waals surface area contributed by atoms with Gasteiger partial charge in [-0.1, -0.05) is 0 Å². The molecule has 3 nitrogen and oxygen atoms in total. The van der Waals surface area contributed by atoms with Crippen LogP contribution in [0.25, 0.3) is 16.7 Å². The zero-order valence-electron chi connectivity index (χ0n) is 10.7. The molecule has 6 heteroatoms. The van der Waals surface area contributed by atoms with Crippen LogP contribution in [0.4, 0.5) is 4.39 Å². The Labute approximate surface area is 123 Å². The second-order valence-corrected chi connectivity index (χ2v) is 6.60. The standard InChI is InChI=1S/C14H11FN2OS2/c1-19-13-11(17-4-3-16-14(17)20-13)10-7-9(15)6-8-2-5-18-12(8)10/h2,5-7H,3-4H2,1H3. The van der Waals surface area contributed by atoms with Crippen molar-refractivity contribution in [2.24, 2.45) is 4.99 Å². The molecule has 0 unspecified atom stereocenters. The van der Waals surface area contributed by atoms with Crippen LogP contribution in [0.1, 0.15) is 5.56 Å². The Morgan fingerprint density at radius 1 is 1.45 bits per heavy atom. The molecule has 102 valence electrons. The second kappa shape index (κ2) is 4.56. The van der Waals surface area contributed by atoms with Gasteiger partial charge in [0.1, 0.15) is 11.4 Å². The Hall–Kier alpha value is -1.40. The van der Waals surface area contributed by atoms with Crippen molar-refractivity contribution in [2.45, 2.75) is 0 Å². The summed E-state index contributed by atoms with van der Waals surface area (Å²) in [5, 5.41) is 1.80. The maximum Gasteiger partial charge on any atom is 0.169 e. The summed E-state index contributed by atoms with van der Waals surface area (Å²) >= 11 is 3.32. The van der Waals surface area contributed by atoms with E-state index in [2.05, 4.69) is 9.89 Å². The normalized spacial score (nSPS) is 18.1. The largest absolute Gasteiger partial charge is 0.464 e. The number of amidine groups is 1. The Bertz CT molecular complexity index is 766. The fraction of sp³-hybridized carbons (Fsp3) is 0.214. The van der Waals surface area contributed by atoms with Crippen LogP contribution in [0.5, 0.6) is 0 Å². The third-order valence-corrected chi connectivity index (χ3v) is 5.63. The summed E-state index contributed by atoms with van der Waals surface area (Å²) in [6.45, 7) is 1.64. The van der Waals surface area contributed by atoms with E-state index in [-0.39, 0.29) is 5.82 Å². The van der Waals surface area contributed by atoms with E-state index in [4.69, 9.17) is 4.42 Å². The van der Waals surface area contributed by atoms with E-state index in [0.717, 1.165) is 44.7 Å². The van der Waals surface area contributed by atoms with Crippen molar-refractivity contribution in [3.05, 3.63) is 40.1 Å². The Morgan fingerprint density at radius 2 is 2.35 bits per heavy atom. The summed E-state index contributed by atoms with van der Waals surface area (Å²) in [6, 6.07) is 4.85. The molecule has 0 amide bonds. The molecule has 0 N–H and O–H groups in total. The first-order chi connectivity index (χ1) is 9.78. The number of hydrogen-bond donors (Lipinski definition) is 0. The molecule has 0 atom stereocenters. The van der Waals surface area contributed by atoms with Crippen LogP contribution < -0.4 is 0 Å². The van der Waals surface area contributed by atoms with Crippen LogP contribution in [0.3, 0.4) is 0 Å². The van der Waals surface area contributed by atoms with Gasteiger partial charge in [0.05, 0.1) is 22.7 Å². The zero-order chi connectivity index (χ0) is 13.7. The van der Waals surface area contributed by atoms with Crippen LogP contribution in [-0.2, 0) is 0 Å². The first-order valence-corrected chi connectivity index (χ1v) is 8.27. The lowest BCUT2D eigenvalue weighted by atomic mass is 10.1. The van der Waals surface area contributed by atoms with Gasteiger partial charge in [-0.3, -0.25) is 4.99 Å². The molecule has 1 aromatic heterocycles. The van der Waals surface area contributed by atoms with Gasteiger partial charge in [0, 0.05) is 17.5 Å². The lowest BCUT2D eigenvalue weighted by Crippen LogP contribution is -2.20. The molecule has 0 aliphatic carbocycles. The summed E-state index contributed by atoms with van der Waals surface area (Å²) < 4.78 is 20.6. The number of nitrogens with zero attached hydrogens (tertiary/aromatic N) is 2. The molecule has 0 saturated heterocycles. The van der Waals surface area contributed by atoms with Crippen molar-refractivity contribution in [3.63, 3.8) is 0 Å². The summed E-state index contributed by atoms with van der Waals surface area (Å²) in [5.74, 6) is -0.239. The van der Waals surface area contributed by atoms with Crippen LogP contribution in [0, 0.1) is 5.82 Å². The van der Waals surface area contributed by atoms with Gasteiger partial charge in [-0.15, -0.1) is 11.8 Å². The van der Waals surface area contributed by atoms with Crippen molar-refractivity contribution in [1.82, 2.24) is 4.90 Å². The van der Waals surface area contributed by atoms with Gasteiger partial charge in [-0.05, 0) is 36.2 Å². The topological polar surface area (TPSA) is 28.7 Å². The van der Waals surface area contributed by atoms with Gasteiger partial charge in [0.15, 0.2) is 5.17 Å². The number of hydrogen-bond acceptors (Lipinski definition) is 5. The highest BCUT2D eigenvalue weighted by molar-refractivity contribution is 8.30. The predicted molar refractivity (Wildman–Crippen MR) is 83.2 cm³/mol. The predicted octanol–water partition coefficient (Wildman–Crippen LogP) is 3.98. The molecule has 2 aliphatic heterocycles. The highest BCUT2D eigenvalue weighted by atomic mass is 32.2.